The summed E-state index contributed by atoms with van der Waals surface area (Å²) >= 11 is 3.53. The summed E-state index contributed by atoms with van der Waals surface area (Å²) in [7, 11) is 1.83. The molecule has 0 bridgehead atoms. The molecule has 0 aliphatic rings. The number of nitrogens with zero attached hydrogens (tertiary/aromatic N) is 6. The van der Waals surface area contributed by atoms with Crippen molar-refractivity contribution < 1.29 is 4.79 Å². The number of aryl methyl sites for hydroxylation is 1. The molecule has 138 valence electrons. The molecule has 0 aliphatic heterocycles. The third kappa shape index (κ3) is 3.01. The molecule has 0 aliphatic carbocycles. The van der Waals surface area contributed by atoms with E-state index < -0.39 is 11.9 Å². The molecule has 27 heavy (non-hydrogen) atoms. The average molecular weight is 429 g/mol. The van der Waals surface area contributed by atoms with E-state index in [1.165, 1.54) is 0 Å². The van der Waals surface area contributed by atoms with Crippen molar-refractivity contribution in [2.45, 2.75) is 19.4 Å². The summed E-state index contributed by atoms with van der Waals surface area (Å²) in [5.74, 6) is 0.470. The Morgan fingerprint density at radius 3 is 2.85 bits per heavy atom. The first-order chi connectivity index (χ1) is 13.0. The number of para-hydroxylation sites is 1. The molecule has 3 aromatic heterocycles. The van der Waals surface area contributed by atoms with E-state index in [-0.39, 0.29) is 0 Å². The number of halogens is 1. The second-order valence-corrected chi connectivity index (χ2v) is 7.01. The molecule has 9 nitrogen and oxygen atoms in total. The highest BCUT2D eigenvalue weighted by atomic mass is 79.9. The number of hydrogen-bond donors (Lipinski definition) is 2. The number of carbonyl (C=O) groups is 1. The summed E-state index contributed by atoms with van der Waals surface area (Å²) in [4.78, 5) is 21.0. The van der Waals surface area contributed by atoms with Gasteiger partial charge in [0.05, 0.1) is 17.3 Å². The Bertz CT molecular complexity index is 1160. The Morgan fingerprint density at radius 1 is 1.37 bits per heavy atom. The summed E-state index contributed by atoms with van der Waals surface area (Å²) in [5.41, 5.74) is 7.62. The van der Waals surface area contributed by atoms with Crippen LogP contribution in [0.15, 0.2) is 35.1 Å². The highest BCUT2D eigenvalue weighted by Gasteiger charge is 2.20. The van der Waals surface area contributed by atoms with Crippen molar-refractivity contribution in [3.05, 3.63) is 35.1 Å². The van der Waals surface area contributed by atoms with E-state index in [0.29, 0.717) is 23.8 Å². The van der Waals surface area contributed by atoms with Crippen molar-refractivity contribution in [2.75, 3.05) is 5.32 Å². The summed E-state index contributed by atoms with van der Waals surface area (Å²) in [5, 5.41) is 12.7. The van der Waals surface area contributed by atoms with Crippen LogP contribution in [0.2, 0.25) is 0 Å². The smallest absolute Gasteiger partial charge is 0.239 e. The van der Waals surface area contributed by atoms with Gasteiger partial charge in [-0.2, -0.15) is 9.61 Å². The number of fused-ring (bicyclic) bond motifs is 3. The van der Waals surface area contributed by atoms with Crippen LogP contribution in [0.5, 0.6) is 0 Å². The topological polar surface area (TPSA) is 116 Å². The number of rotatable bonds is 5. The van der Waals surface area contributed by atoms with Gasteiger partial charge in [-0.25, -0.2) is 9.97 Å². The van der Waals surface area contributed by atoms with Gasteiger partial charge in [0.2, 0.25) is 11.9 Å². The van der Waals surface area contributed by atoms with E-state index >= 15 is 0 Å². The van der Waals surface area contributed by atoms with Gasteiger partial charge in [-0.3, -0.25) is 9.48 Å². The number of nitrogens with one attached hydrogen (secondary N) is 1. The van der Waals surface area contributed by atoms with Crippen molar-refractivity contribution in [2.24, 2.45) is 12.8 Å². The predicted molar refractivity (Wildman–Crippen MR) is 105 cm³/mol. The number of aromatic nitrogens is 6. The molecule has 3 N–H and O–H groups in total. The Labute approximate surface area is 162 Å². The summed E-state index contributed by atoms with van der Waals surface area (Å²) in [6.07, 6.45) is 4.06. The lowest BCUT2D eigenvalue weighted by molar-refractivity contribution is -0.118. The van der Waals surface area contributed by atoms with Crippen LogP contribution >= 0.6 is 15.9 Å². The molecular formula is C17H17BrN8O. The van der Waals surface area contributed by atoms with Crippen molar-refractivity contribution in [3.8, 4) is 11.4 Å². The van der Waals surface area contributed by atoms with Crippen LogP contribution in [0.1, 0.15) is 13.3 Å². The lowest BCUT2D eigenvalue weighted by Crippen LogP contribution is -2.35. The Morgan fingerprint density at radius 2 is 2.19 bits per heavy atom. The molecule has 0 spiro atoms. The van der Waals surface area contributed by atoms with Crippen molar-refractivity contribution >= 4 is 44.3 Å². The summed E-state index contributed by atoms with van der Waals surface area (Å²) < 4.78 is 4.11. The van der Waals surface area contributed by atoms with Crippen LogP contribution in [0, 0.1) is 0 Å². The first-order valence-corrected chi connectivity index (χ1v) is 9.17. The van der Waals surface area contributed by atoms with Crippen molar-refractivity contribution in [1.82, 2.24) is 29.4 Å². The Hall–Kier alpha value is -3.01. The van der Waals surface area contributed by atoms with E-state index in [9.17, 15) is 4.79 Å². The molecule has 10 heteroatoms. The van der Waals surface area contributed by atoms with Gasteiger partial charge < -0.3 is 11.1 Å². The van der Waals surface area contributed by atoms with Crippen LogP contribution in [-0.2, 0) is 11.8 Å². The standard InChI is InChI=1S/C17H17BrN8O/c1-3-12(14(19)27)21-17-22-13-10(5-4-6-11(13)18)16-23-15(24-26(16)17)9-7-20-25(2)8-9/h4-8,12H,3H2,1-2H3,(H2,19,27)(H,21,22)/t12-/m1/s1. The van der Waals surface area contributed by atoms with E-state index in [1.807, 2.05) is 38.4 Å². The fourth-order valence-corrected chi connectivity index (χ4v) is 3.33. The van der Waals surface area contributed by atoms with Gasteiger partial charge in [0, 0.05) is 23.1 Å². The second-order valence-electron chi connectivity index (χ2n) is 6.15. The fourth-order valence-electron chi connectivity index (χ4n) is 2.88. The van der Waals surface area contributed by atoms with Crippen LogP contribution < -0.4 is 11.1 Å². The maximum absolute atomic E-state index is 11.7. The van der Waals surface area contributed by atoms with Gasteiger partial charge in [0.25, 0.3) is 0 Å². The molecule has 4 aromatic rings. The van der Waals surface area contributed by atoms with Crippen LogP contribution in [0.3, 0.4) is 0 Å². The summed E-state index contributed by atoms with van der Waals surface area (Å²) in [6.45, 7) is 1.87. The molecule has 1 atom stereocenters. The van der Waals surface area contributed by atoms with Crippen LogP contribution in [0.4, 0.5) is 5.95 Å². The van der Waals surface area contributed by atoms with Crippen molar-refractivity contribution in [1.29, 1.82) is 0 Å². The molecule has 0 saturated heterocycles. The van der Waals surface area contributed by atoms with E-state index in [0.717, 1.165) is 20.9 Å². The van der Waals surface area contributed by atoms with Gasteiger partial charge in [-0.1, -0.05) is 13.0 Å². The number of primary amides is 1. The quantitative estimate of drug-likeness (QED) is 0.502. The second kappa shape index (κ2) is 6.62. The van der Waals surface area contributed by atoms with Gasteiger partial charge >= 0.3 is 0 Å². The third-order valence-electron chi connectivity index (χ3n) is 4.27. The van der Waals surface area contributed by atoms with Gasteiger partial charge in [0.15, 0.2) is 11.5 Å². The molecule has 0 unspecified atom stereocenters. The molecule has 0 fully saturated rings. The number of amides is 1. The van der Waals surface area contributed by atoms with Gasteiger partial charge in [0.1, 0.15) is 6.04 Å². The van der Waals surface area contributed by atoms with Crippen LogP contribution in [0.25, 0.3) is 27.9 Å². The zero-order chi connectivity index (χ0) is 19.1. The largest absolute Gasteiger partial charge is 0.368 e. The molecule has 3 heterocycles. The maximum atomic E-state index is 11.7. The Kier molecular flexibility index (Phi) is 4.27. The zero-order valence-corrected chi connectivity index (χ0v) is 16.3. The molecular weight excluding hydrogens is 412 g/mol. The first-order valence-electron chi connectivity index (χ1n) is 8.37. The average Bonchev–Trinajstić information content (AvgIpc) is 3.26. The monoisotopic (exact) mass is 428 g/mol. The summed E-state index contributed by atoms with van der Waals surface area (Å²) in [6, 6.07) is 5.18. The van der Waals surface area contributed by atoms with E-state index in [4.69, 9.17) is 5.73 Å². The molecule has 0 radical (unpaired) electrons. The fraction of sp³-hybridized carbons (Fsp3) is 0.235. The third-order valence-corrected chi connectivity index (χ3v) is 4.91. The number of carbonyl (C=O) groups excluding carboxylic acids is 1. The normalized spacial score (nSPS) is 12.6. The molecule has 0 saturated carbocycles. The predicted octanol–water partition coefficient (Wildman–Crippen LogP) is 2.12. The van der Waals surface area contributed by atoms with Crippen LogP contribution in [-0.4, -0.2) is 41.3 Å². The maximum Gasteiger partial charge on any atom is 0.239 e. The van der Waals surface area contributed by atoms with E-state index in [1.54, 1.807) is 15.4 Å². The minimum atomic E-state index is -0.563. The number of anilines is 1. The number of nitrogens with two attached hydrogens (primary N) is 1. The molecule has 1 aromatic carbocycles. The lowest BCUT2D eigenvalue weighted by Gasteiger charge is -2.15. The Balaban J connectivity index is 1.98. The zero-order valence-electron chi connectivity index (χ0n) is 14.7. The highest BCUT2D eigenvalue weighted by molar-refractivity contribution is 9.10. The SMILES string of the molecule is CC[C@@H](Nc1nc2c(Br)cccc2c2nc(-c3cnn(C)c3)nn12)C(N)=O. The van der Waals surface area contributed by atoms with Crippen molar-refractivity contribution in [3.63, 3.8) is 0 Å². The van der Waals surface area contributed by atoms with E-state index in [2.05, 4.69) is 41.4 Å². The minimum Gasteiger partial charge on any atom is -0.368 e. The molecule has 1 amide bonds. The number of hydrogen-bond acceptors (Lipinski definition) is 6. The number of benzene rings is 1. The minimum absolute atomic E-state index is 0.401. The first kappa shape index (κ1) is 17.4. The van der Waals surface area contributed by atoms with Gasteiger partial charge in [-0.05, 0) is 34.5 Å². The highest BCUT2D eigenvalue weighted by Crippen LogP contribution is 2.28. The van der Waals surface area contributed by atoms with Gasteiger partial charge in [-0.15, -0.1) is 5.10 Å². The lowest BCUT2D eigenvalue weighted by atomic mass is 10.2. The molecule has 4 rings (SSSR count).